The largest absolute Gasteiger partial charge is 0.322 e. The summed E-state index contributed by atoms with van der Waals surface area (Å²) in [5, 5.41) is 3.32. The summed E-state index contributed by atoms with van der Waals surface area (Å²) < 4.78 is 0. The number of nitrogens with one attached hydrogen (secondary N) is 1. The summed E-state index contributed by atoms with van der Waals surface area (Å²) in [6, 6.07) is 20.4. The highest BCUT2D eigenvalue weighted by atomic mass is 35.5. The van der Waals surface area contributed by atoms with Gasteiger partial charge in [-0.3, -0.25) is 14.4 Å². The Bertz CT molecular complexity index is 1140. The van der Waals surface area contributed by atoms with Crippen molar-refractivity contribution >= 4 is 46.8 Å². The molecule has 142 valence electrons. The first-order valence-corrected chi connectivity index (χ1v) is 9.23. The maximum Gasteiger partial charge on any atom is 0.266 e. The standard InChI is InChI=1S/C23H15ClN2O3/c24-16-6-3-5-15(13-16)11-12-21(27)25-17-7-4-8-18(14-17)26-22(28)19-9-1-2-10-20(19)23(26)29/h1-14H,(H,25,27)/b12-11+. The Labute approximate surface area is 172 Å². The maximum atomic E-state index is 12.6. The molecule has 3 amide bonds. The minimum atomic E-state index is -0.380. The number of hydrogen-bond acceptors (Lipinski definition) is 3. The Morgan fingerprint density at radius 3 is 2.24 bits per heavy atom. The van der Waals surface area contributed by atoms with Gasteiger partial charge >= 0.3 is 0 Å². The van der Waals surface area contributed by atoms with Crippen molar-refractivity contribution in [3.8, 4) is 0 Å². The highest BCUT2D eigenvalue weighted by Crippen LogP contribution is 2.29. The van der Waals surface area contributed by atoms with Crippen LogP contribution < -0.4 is 10.2 Å². The van der Waals surface area contributed by atoms with E-state index in [1.54, 1.807) is 72.8 Å². The number of nitrogens with zero attached hydrogens (tertiary/aromatic N) is 1. The first kappa shape index (κ1) is 18.7. The fraction of sp³-hybridized carbons (Fsp3) is 0. The van der Waals surface area contributed by atoms with Crippen LogP contribution in [0.3, 0.4) is 0 Å². The molecule has 0 aromatic heterocycles. The Hall–Kier alpha value is -3.70. The SMILES string of the molecule is O=C(/C=C/c1cccc(Cl)c1)Nc1cccc(N2C(=O)c3ccccc3C2=O)c1. The number of halogens is 1. The van der Waals surface area contributed by atoms with Gasteiger partial charge in [0, 0.05) is 16.8 Å². The first-order chi connectivity index (χ1) is 14.0. The molecule has 0 spiro atoms. The summed E-state index contributed by atoms with van der Waals surface area (Å²) in [4.78, 5) is 38.6. The zero-order valence-corrected chi connectivity index (χ0v) is 15.9. The van der Waals surface area contributed by atoms with Crippen LogP contribution in [-0.4, -0.2) is 17.7 Å². The fourth-order valence-electron chi connectivity index (χ4n) is 3.11. The lowest BCUT2D eigenvalue weighted by Crippen LogP contribution is -2.29. The van der Waals surface area contributed by atoms with Gasteiger partial charge in [0.2, 0.25) is 5.91 Å². The first-order valence-electron chi connectivity index (χ1n) is 8.85. The van der Waals surface area contributed by atoms with E-state index < -0.39 is 0 Å². The highest BCUT2D eigenvalue weighted by molar-refractivity contribution is 6.34. The van der Waals surface area contributed by atoms with Crippen LogP contribution in [0.1, 0.15) is 26.3 Å². The van der Waals surface area contributed by atoms with Gasteiger partial charge in [0.05, 0.1) is 16.8 Å². The predicted molar refractivity (Wildman–Crippen MR) is 113 cm³/mol. The van der Waals surface area contributed by atoms with E-state index in [0.717, 1.165) is 10.5 Å². The minimum absolute atomic E-state index is 0.343. The number of amides is 3. The molecule has 0 fully saturated rings. The third kappa shape index (κ3) is 3.81. The van der Waals surface area contributed by atoms with Gasteiger partial charge in [0.25, 0.3) is 11.8 Å². The van der Waals surface area contributed by atoms with Crippen LogP contribution >= 0.6 is 11.6 Å². The van der Waals surface area contributed by atoms with E-state index in [9.17, 15) is 14.4 Å². The van der Waals surface area contributed by atoms with Crippen molar-refractivity contribution in [2.75, 3.05) is 10.2 Å². The Morgan fingerprint density at radius 1 is 0.862 bits per heavy atom. The van der Waals surface area contributed by atoms with E-state index in [-0.39, 0.29) is 17.7 Å². The molecule has 0 saturated carbocycles. The average Bonchev–Trinajstić information content (AvgIpc) is 2.97. The second kappa shape index (κ2) is 7.73. The molecule has 1 aliphatic rings. The maximum absolute atomic E-state index is 12.6. The lowest BCUT2D eigenvalue weighted by molar-refractivity contribution is -0.111. The van der Waals surface area contributed by atoms with Crippen molar-refractivity contribution in [2.45, 2.75) is 0 Å². The Balaban J connectivity index is 1.52. The van der Waals surface area contributed by atoms with Crippen molar-refractivity contribution in [3.63, 3.8) is 0 Å². The van der Waals surface area contributed by atoms with Crippen LogP contribution in [0.25, 0.3) is 6.08 Å². The number of anilines is 2. The van der Waals surface area contributed by atoms with Gasteiger partial charge in [-0.05, 0) is 54.1 Å². The molecule has 3 aromatic rings. The number of carbonyl (C=O) groups excluding carboxylic acids is 3. The summed E-state index contributed by atoms with van der Waals surface area (Å²) in [5.74, 6) is -1.10. The smallest absolute Gasteiger partial charge is 0.266 e. The van der Waals surface area contributed by atoms with E-state index in [1.165, 1.54) is 6.08 Å². The average molecular weight is 403 g/mol. The van der Waals surface area contributed by atoms with Crippen LogP contribution in [0, 0.1) is 0 Å². The van der Waals surface area contributed by atoms with E-state index in [0.29, 0.717) is 27.5 Å². The van der Waals surface area contributed by atoms with E-state index in [1.807, 2.05) is 6.07 Å². The molecule has 0 saturated heterocycles. The predicted octanol–water partition coefficient (Wildman–Crippen LogP) is 4.79. The fourth-order valence-corrected chi connectivity index (χ4v) is 3.31. The van der Waals surface area contributed by atoms with Crippen molar-refractivity contribution in [1.29, 1.82) is 0 Å². The number of imide groups is 1. The van der Waals surface area contributed by atoms with Crippen LogP contribution in [-0.2, 0) is 4.79 Å². The zero-order valence-electron chi connectivity index (χ0n) is 15.1. The van der Waals surface area contributed by atoms with E-state index in [4.69, 9.17) is 11.6 Å². The molecule has 0 atom stereocenters. The van der Waals surface area contributed by atoms with E-state index in [2.05, 4.69) is 5.32 Å². The molecule has 4 rings (SSSR count). The topological polar surface area (TPSA) is 66.5 Å². The van der Waals surface area contributed by atoms with Crippen molar-refractivity contribution in [1.82, 2.24) is 0 Å². The molecule has 1 N–H and O–H groups in total. The van der Waals surface area contributed by atoms with Crippen LogP contribution in [0.5, 0.6) is 0 Å². The monoisotopic (exact) mass is 402 g/mol. The second-order valence-corrected chi connectivity index (χ2v) is 6.86. The number of hydrogen-bond donors (Lipinski definition) is 1. The molecule has 1 heterocycles. The molecule has 0 unspecified atom stereocenters. The van der Waals surface area contributed by atoms with Gasteiger partial charge in [-0.1, -0.05) is 41.9 Å². The van der Waals surface area contributed by atoms with Gasteiger partial charge < -0.3 is 5.32 Å². The molecular weight excluding hydrogens is 388 g/mol. The molecule has 29 heavy (non-hydrogen) atoms. The number of benzene rings is 3. The number of fused-ring (bicyclic) bond motifs is 1. The molecule has 1 aliphatic heterocycles. The number of rotatable bonds is 4. The van der Waals surface area contributed by atoms with Crippen LogP contribution in [0.2, 0.25) is 5.02 Å². The molecule has 0 aliphatic carbocycles. The summed E-state index contributed by atoms with van der Waals surface area (Å²) in [6.45, 7) is 0. The highest BCUT2D eigenvalue weighted by Gasteiger charge is 2.36. The summed E-state index contributed by atoms with van der Waals surface area (Å²) in [6.07, 6.45) is 3.04. The normalized spacial score (nSPS) is 13.1. The molecule has 0 radical (unpaired) electrons. The van der Waals surface area contributed by atoms with Crippen LogP contribution in [0.4, 0.5) is 11.4 Å². The van der Waals surface area contributed by atoms with Crippen molar-refractivity contribution < 1.29 is 14.4 Å². The molecule has 0 bridgehead atoms. The van der Waals surface area contributed by atoms with Gasteiger partial charge in [0.15, 0.2) is 0 Å². The summed E-state index contributed by atoms with van der Waals surface area (Å²) >= 11 is 5.93. The van der Waals surface area contributed by atoms with Gasteiger partial charge in [-0.25, -0.2) is 4.90 Å². The summed E-state index contributed by atoms with van der Waals surface area (Å²) in [5.41, 5.74) is 2.41. The van der Waals surface area contributed by atoms with E-state index >= 15 is 0 Å². The third-order valence-corrected chi connectivity index (χ3v) is 4.68. The third-order valence-electron chi connectivity index (χ3n) is 4.44. The quantitative estimate of drug-likeness (QED) is 0.504. The van der Waals surface area contributed by atoms with Crippen molar-refractivity contribution in [2.24, 2.45) is 0 Å². The van der Waals surface area contributed by atoms with Gasteiger partial charge in [-0.15, -0.1) is 0 Å². The Morgan fingerprint density at radius 2 is 1.55 bits per heavy atom. The minimum Gasteiger partial charge on any atom is -0.322 e. The number of carbonyl (C=O) groups is 3. The second-order valence-electron chi connectivity index (χ2n) is 6.42. The lowest BCUT2D eigenvalue weighted by atomic mass is 10.1. The molecule has 6 heteroatoms. The van der Waals surface area contributed by atoms with Crippen molar-refractivity contribution in [3.05, 3.63) is 101 Å². The molecule has 3 aromatic carbocycles. The molecular formula is C23H15ClN2O3. The summed E-state index contributed by atoms with van der Waals surface area (Å²) in [7, 11) is 0. The van der Waals surface area contributed by atoms with Crippen LogP contribution in [0.15, 0.2) is 78.9 Å². The lowest BCUT2D eigenvalue weighted by Gasteiger charge is -2.15. The Kier molecular flexibility index (Phi) is 4.97. The van der Waals surface area contributed by atoms with Gasteiger partial charge in [0.1, 0.15) is 0 Å². The molecule has 5 nitrogen and oxygen atoms in total. The van der Waals surface area contributed by atoms with Gasteiger partial charge in [-0.2, -0.15) is 0 Å². The zero-order chi connectivity index (χ0) is 20.4.